The van der Waals surface area contributed by atoms with Gasteiger partial charge in [0.05, 0.1) is 16.3 Å². The molecule has 4 aromatic rings. The topological polar surface area (TPSA) is 11.3 Å². The summed E-state index contributed by atoms with van der Waals surface area (Å²) in [4.78, 5) is 0. The van der Waals surface area contributed by atoms with Crippen molar-refractivity contribution in [2.75, 3.05) is 0 Å². The number of fused-ring (bicyclic) bond motifs is 3. The fourth-order valence-corrected chi connectivity index (χ4v) is 2.66. The molecule has 0 fully saturated rings. The molecule has 0 saturated carbocycles. The Morgan fingerprint density at radius 2 is 1.10 bits per heavy atom. The molecule has 20 heavy (non-hydrogen) atoms. The van der Waals surface area contributed by atoms with Gasteiger partial charge >= 0.3 is 11.3 Å². The maximum absolute atomic E-state index is 6.16. The van der Waals surface area contributed by atoms with Crippen LogP contribution in [0.2, 0.25) is 0 Å². The van der Waals surface area contributed by atoms with Crippen LogP contribution >= 0.6 is 0 Å². The Morgan fingerprint density at radius 3 is 1.90 bits per heavy atom. The van der Waals surface area contributed by atoms with Gasteiger partial charge in [-0.15, -0.1) is 0 Å². The molecule has 0 bridgehead atoms. The lowest BCUT2D eigenvalue weighted by Crippen LogP contribution is -1.83. The van der Waals surface area contributed by atoms with Gasteiger partial charge < -0.3 is 0 Å². The Morgan fingerprint density at radius 1 is 0.500 bits per heavy atom. The van der Waals surface area contributed by atoms with Crippen molar-refractivity contribution >= 4 is 21.7 Å². The van der Waals surface area contributed by atoms with E-state index >= 15 is 0 Å². The van der Waals surface area contributed by atoms with Gasteiger partial charge in [0.25, 0.3) is 0 Å². The van der Waals surface area contributed by atoms with Crippen LogP contribution in [0.5, 0.6) is 0 Å². The SMILES string of the molecule is c1ccc(-c2[o+]c3ccccc3c3ccccc23)cc1. The summed E-state index contributed by atoms with van der Waals surface area (Å²) >= 11 is 0. The summed E-state index contributed by atoms with van der Waals surface area (Å²) in [6.07, 6.45) is 0. The summed E-state index contributed by atoms with van der Waals surface area (Å²) < 4.78 is 6.16. The second-order valence-corrected chi connectivity index (χ2v) is 4.84. The van der Waals surface area contributed by atoms with E-state index in [0.717, 1.165) is 27.7 Å². The molecule has 3 aromatic carbocycles. The summed E-state index contributed by atoms with van der Waals surface area (Å²) in [6.45, 7) is 0. The zero-order valence-electron chi connectivity index (χ0n) is 10.9. The highest BCUT2D eigenvalue weighted by Crippen LogP contribution is 2.34. The molecule has 94 valence electrons. The fraction of sp³-hybridized carbons (Fsp3) is 0. The van der Waals surface area contributed by atoms with E-state index in [1.165, 1.54) is 5.39 Å². The molecule has 0 unspecified atom stereocenters. The van der Waals surface area contributed by atoms with E-state index in [1.807, 2.05) is 36.4 Å². The van der Waals surface area contributed by atoms with Crippen LogP contribution in [-0.2, 0) is 0 Å². The van der Waals surface area contributed by atoms with Crippen molar-refractivity contribution in [1.82, 2.24) is 0 Å². The predicted octanol–water partition coefficient (Wildman–Crippen LogP) is 5.53. The number of rotatable bonds is 1. The third-order valence-corrected chi connectivity index (χ3v) is 3.60. The van der Waals surface area contributed by atoms with Crippen molar-refractivity contribution in [3.8, 4) is 11.3 Å². The van der Waals surface area contributed by atoms with Crippen molar-refractivity contribution < 1.29 is 4.42 Å². The lowest BCUT2D eigenvalue weighted by molar-refractivity contribution is 0.626. The van der Waals surface area contributed by atoms with E-state index in [0.29, 0.717) is 0 Å². The highest BCUT2D eigenvalue weighted by molar-refractivity contribution is 6.09. The zero-order chi connectivity index (χ0) is 13.4. The molecule has 0 spiro atoms. The van der Waals surface area contributed by atoms with Gasteiger partial charge in [-0.25, -0.2) is 4.42 Å². The molecule has 1 nitrogen and oxygen atoms in total. The maximum atomic E-state index is 6.16. The van der Waals surface area contributed by atoms with Crippen LogP contribution in [0, 0.1) is 0 Å². The molecule has 4 rings (SSSR count). The Balaban J connectivity index is 2.19. The third-order valence-electron chi connectivity index (χ3n) is 3.60. The second-order valence-electron chi connectivity index (χ2n) is 4.84. The smallest absolute Gasteiger partial charge is 0.206 e. The largest absolute Gasteiger partial charge is 0.368 e. The summed E-state index contributed by atoms with van der Waals surface area (Å²) in [6, 6.07) is 26.8. The van der Waals surface area contributed by atoms with E-state index in [1.54, 1.807) is 0 Å². The molecule has 1 aromatic heterocycles. The quantitative estimate of drug-likeness (QED) is 0.322. The molecule has 0 saturated heterocycles. The van der Waals surface area contributed by atoms with E-state index in [2.05, 4.69) is 42.5 Å². The molecule has 0 N–H and O–H groups in total. The van der Waals surface area contributed by atoms with Crippen LogP contribution in [0.4, 0.5) is 0 Å². The summed E-state index contributed by atoms with van der Waals surface area (Å²) in [5.74, 6) is 0.930. The van der Waals surface area contributed by atoms with Gasteiger partial charge in [0.2, 0.25) is 0 Å². The first-order valence-electron chi connectivity index (χ1n) is 6.72. The first-order valence-corrected chi connectivity index (χ1v) is 6.72. The average Bonchev–Trinajstić information content (AvgIpc) is 2.55. The van der Waals surface area contributed by atoms with Gasteiger partial charge in [0, 0.05) is 11.5 Å². The van der Waals surface area contributed by atoms with Crippen molar-refractivity contribution in [3.05, 3.63) is 78.9 Å². The number of para-hydroxylation sites is 1. The highest BCUT2D eigenvalue weighted by atomic mass is 16.3. The van der Waals surface area contributed by atoms with Crippen molar-refractivity contribution in [3.63, 3.8) is 0 Å². The number of benzene rings is 3. The molecular weight excluding hydrogens is 244 g/mol. The molecule has 0 aliphatic rings. The van der Waals surface area contributed by atoms with Crippen LogP contribution in [0.1, 0.15) is 0 Å². The van der Waals surface area contributed by atoms with Gasteiger partial charge in [-0.3, -0.25) is 0 Å². The minimum absolute atomic E-state index is 0.921. The van der Waals surface area contributed by atoms with Gasteiger partial charge in [-0.1, -0.05) is 48.5 Å². The van der Waals surface area contributed by atoms with Crippen molar-refractivity contribution in [2.45, 2.75) is 0 Å². The molecule has 1 heterocycles. The van der Waals surface area contributed by atoms with Gasteiger partial charge in [0.15, 0.2) is 0 Å². The average molecular weight is 257 g/mol. The van der Waals surface area contributed by atoms with Gasteiger partial charge in [-0.05, 0) is 24.3 Å². The second kappa shape index (κ2) is 4.46. The lowest BCUT2D eigenvalue weighted by atomic mass is 10.0. The first-order chi connectivity index (χ1) is 9.93. The number of hydrogen-bond acceptors (Lipinski definition) is 0. The monoisotopic (exact) mass is 257 g/mol. The van der Waals surface area contributed by atoms with Crippen LogP contribution in [-0.4, -0.2) is 0 Å². The Bertz CT molecular complexity index is 895. The predicted molar refractivity (Wildman–Crippen MR) is 83.6 cm³/mol. The summed E-state index contributed by atoms with van der Waals surface area (Å²) in [5, 5.41) is 3.54. The standard InChI is InChI=1S/C19H13O/c1-2-8-14(9-3-1)19-17-12-5-4-10-15(17)16-11-6-7-13-18(16)20-19/h1-13H/q+1. The van der Waals surface area contributed by atoms with E-state index in [4.69, 9.17) is 4.42 Å². The van der Waals surface area contributed by atoms with Crippen LogP contribution in [0.15, 0.2) is 83.3 Å². The van der Waals surface area contributed by atoms with Crippen molar-refractivity contribution in [1.29, 1.82) is 0 Å². The molecule has 0 radical (unpaired) electrons. The van der Waals surface area contributed by atoms with Crippen LogP contribution in [0.3, 0.4) is 0 Å². The van der Waals surface area contributed by atoms with E-state index < -0.39 is 0 Å². The fourth-order valence-electron chi connectivity index (χ4n) is 2.66. The Hall–Kier alpha value is -2.67. The lowest BCUT2D eigenvalue weighted by Gasteiger charge is -2.00. The maximum Gasteiger partial charge on any atom is 0.368 e. The van der Waals surface area contributed by atoms with Crippen molar-refractivity contribution in [2.24, 2.45) is 0 Å². The highest BCUT2D eigenvalue weighted by Gasteiger charge is 2.20. The zero-order valence-corrected chi connectivity index (χ0v) is 10.9. The minimum Gasteiger partial charge on any atom is -0.206 e. The van der Waals surface area contributed by atoms with Crippen LogP contribution < -0.4 is 0 Å². The minimum atomic E-state index is 0.921. The normalized spacial score (nSPS) is 11.0. The molecule has 0 aliphatic carbocycles. The third kappa shape index (κ3) is 1.68. The molecule has 0 amide bonds. The first kappa shape index (κ1) is 11.2. The van der Waals surface area contributed by atoms with E-state index in [-0.39, 0.29) is 0 Å². The molecule has 0 aliphatic heterocycles. The Kier molecular flexibility index (Phi) is 2.49. The summed E-state index contributed by atoms with van der Waals surface area (Å²) in [5.41, 5.74) is 2.03. The van der Waals surface area contributed by atoms with Crippen LogP contribution in [0.25, 0.3) is 33.1 Å². The Labute approximate surface area is 117 Å². The molecule has 1 heteroatoms. The van der Waals surface area contributed by atoms with E-state index in [9.17, 15) is 0 Å². The van der Waals surface area contributed by atoms with Gasteiger partial charge in [0.1, 0.15) is 0 Å². The van der Waals surface area contributed by atoms with Gasteiger partial charge in [-0.2, -0.15) is 0 Å². The molecular formula is C19H13O+. The molecule has 0 atom stereocenters. The number of hydrogen-bond donors (Lipinski definition) is 0. The summed E-state index contributed by atoms with van der Waals surface area (Å²) in [7, 11) is 0.